The average molecular weight is 413 g/mol. The second kappa shape index (κ2) is 8.09. The van der Waals surface area contributed by atoms with E-state index in [1.165, 1.54) is 23.9 Å². The lowest BCUT2D eigenvalue weighted by Crippen LogP contribution is -2.32. The van der Waals surface area contributed by atoms with Gasteiger partial charge >= 0.3 is 0 Å². The summed E-state index contributed by atoms with van der Waals surface area (Å²) < 4.78 is 5.28. The summed E-state index contributed by atoms with van der Waals surface area (Å²) >= 11 is 0. The van der Waals surface area contributed by atoms with Crippen molar-refractivity contribution in [3.8, 4) is 17.0 Å². The van der Waals surface area contributed by atoms with Crippen LogP contribution in [0.15, 0.2) is 54.6 Å². The molecule has 0 aliphatic carbocycles. The molecule has 2 aromatic carbocycles. The highest BCUT2D eigenvalue weighted by Gasteiger charge is 2.19. The number of nitrogens with zero attached hydrogens (tertiary/aromatic N) is 2. The van der Waals surface area contributed by atoms with Gasteiger partial charge in [-0.15, -0.1) is 17.0 Å². The van der Waals surface area contributed by atoms with Gasteiger partial charge in [0, 0.05) is 29.7 Å². The van der Waals surface area contributed by atoms with Crippen LogP contribution >= 0.6 is 17.0 Å². The minimum atomic E-state index is 0. The number of benzene rings is 2. The molecule has 26 heavy (non-hydrogen) atoms. The Morgan fingerprint density at radius 3 is 2.38 bits per heavy atom. The molecule has 0 amide bonds. The predicted molar refractivity (Wildman–Crippen MR) is 115 cm³/mol. The average Bonchev–Trinajstić information content (AvgIpc) is 2.68. The first-order chi connectivity index (χ1) is 12.2. The molecule has 0 spiro atoms. The lowest BCUT2D eigenvalue weighted by atomic mass is 9.98. The topological polar surface area (TPSA) is 25.4 Å². The summed E-state index contributed by atoms with van der Waals surface area (Å²) in [4.78, 5) is 7.43. The predicted octanol–water partition coefficient (Wildman–Crippen LogP) is 5.72. The zero-order chi connectivity index (χ0) is 17.2. The number of ether oxygens (including phenoxy) is 1. The number of hydrogen-bond donors (Lipinski definition) is 0. The van der Waals surface area contributed by atoms with Crippen molar-refractivity contribution in [3.05, 3.63) is 54.6 Å². The summed E-state index contributed by atoms with van der Waals surface area (Å²) in [6.07, 6.45) is 2.52. The summed E-state index contributed by atoms with van der Waals surface area (Å²) in [7, 11) is 1.69. The van der Waals surface area contributed by atoms with Gasteiger partial charge in [0.15, 0.2) is 0 Å². The number of fused-ring (bicyclic) bond motifs is 1. The van der Waals surface area contributed by atoms with Crippen LogP contribution in [-0.2, 0) is 0 Å². The van der Waals surface area contributed by atoms with E-state index in [-0.39, 0.29) is 17.0 Å². The van der Waals surface area contributed by atoms with E-state index in [1.807, 2.05) is 12.1 Å². The minimum absolute atomic E-state index is 0. The quantitative estimate of drug-likeness (QED) is 0.549. The molecular weight excluding hydrogens is 388 g/mol. The van der Waals surface area contributed by atoms with Crippen LogP contribution in [0.3, 0.4) is 0 Å². The molecule has 1 fully saturated rings. The SMILES string of the molecule is Br.COc1ccc(-c2cc(N3CCC(C)CC3)c3ccccc3n2)cc1. The van der Waals surface area contributed by atoms with Crippen molar-refractivity contribution in [3.63, 3.8) is 0 Å². The van der Waals surface area contributed by atoms with Crippen molar-refractivity contribution in [1.29, 1.82) is 0 Å². The summed E-state index contributed by atoms with van der Waals surface area (Å²) in [6, 6.07) is 18.9. The summed E-state index contributed by atoms with van der Waals surface area (Å²) in [5, 5.41) is 1.24. The molecule has 136 valence electrons. The zero-order valence-corrected chi connectivity index (χ0v) is 17.0. The third-order valence-electron chi connectivity index (χ3n) is 5.20. The van der Waals surface area contributed by atoms with Gasteiger partial charge in [-0.3, -0.25) is 0 Å². The number of halogens is 1. The number of piperidine rings is 1. The maximum Gasteiger partial charge on any atom is 0.118 e. The molecule has 0 radical (unpaired) electrons. The Balaban J connectivity index is 0.00000196. The van der Waals surface area contributed by atoms with Gasteiger partial charge in [0.25, 0.3) is 0 Å². The Hall–Kier alpha value is -2.07. The molecule has 1 saturated heterocycles. The molecule has 1 aliphatic rings. The van der Waals surface area contributed by atoms with Gasteiger partial charge < -0.3 is 9.64 Å². The second-order valence-electron chi connectivity index (χ2n) is 6.94. The molecule has 0 bridgehead atoms. The molecule has 0 unspecified atom stereocenters. The number of hydrogen-bond acceptors (Lipinski definition) is 3. The molecule has 1 aromatic heterocycles. The van der Waals surface area contributed by atoms with Crippen molar-refractivity contribution >= 4 is 33.6 Å². The number of rotatable bonds is 3. The number of aromatic nitrogens is 1. The zero-order valence-electron chi connectivity index (χ0n) is 15.3. The molecular formula is C22H25BrN2O. The Morgan fingerprint density at radius 2 is 1.69 bits per heavy atom. The molecule has 0 atom stereocenters. The molecule has 4 rings (SSSR count). The van der Waals surface area contributed by atoms with Crippen LogP contribution in [0, 0.1) is 5.92 Å². The first-order valence-electron chi connectivity index (χ1n) is 9.04. The van der Waals surface area contributed by atoms with Gasteiger partial charge in [0.1, 0.15) is 5.75 Å². The van der Waals surface area contributed by atoms with Gasteiger partial charge in [-0.1, -0.05) is 25.1 Å². The maximum absolute atomic E-state index is 5.28. The Labute approximate surface area is 165 Å². The van der Waals surface area contributed by atoms with E-state index in [9.17, 15) is 0 Å². The highest BCUT2D eigenvalue weighted by molar-refractivity contribution is 8.93. The summed E-state index contributed by atoms with van der Waals surface area (Å²) in [5.41, 5.74) is 4.51. The highest BCUT2D eigenvalue weighted by Crippen LogP contribution is 2.33. The normalized spacial score (nSPS) is 14.9. The first-order valence-corrected chi connectivity index (χ1v) is 9.04. The minimum Gasteiger partial charge on any atom is -0.497 e. The fourth-order valence-corrected chi connectivity index (χ4v) is 3.58. The molecule has 1 aliphatic heterocycles. The van der Waals surface area contributed by atoms with Crippen molar-refractivity contribution in [2.45, 2.75) is 19.8 Å². The lowest BCUT2D eigenvalue weighted by molar-refractivity contribution is 0.415. The van der Waals surface area contributed by atoms with Crippen molar-refractivity contribution in [1.82, 2.24) is 4.98 Å². The number of pyridine rings is 1. The summed E-state index contributed by atoms with van der Waals surface area (Å²) in [5.74, 6) is 1.69. The van der Waals surface area contributed by atoms with Crippen LogP contribution in [-0.4, -0.2) is 25.2 Å². The summed E-state index contributed by atoms with van der Waals surface area (Å²) in [6.45, 7) is 4.60. The largest absolute Gasteiger partial charge is 0.497 e. The van der Waals surface area contributed by atoms with Crippen LogP contribution < -0.4 is 9.64 Å². The van der Waals surface area contributed by atoms with Gasteiger partial charge in [-0.25, -0.2) is 4.98 Å². The van der Waals surface area contributed by atoms with Crippen LogP contribution in [0.4, 0.5) is 5.69 Å². The fraction of sp³-hybridized carbons (Fsp3) is 0.318. The monoisotopic (exact) mass is 412 g/mol. The number of anilines is 1. The highest BCUT2D eigenvalue weighted by atomic mass is 79.9. The van der Waals surface area contributed by atoms with Gasteiger partial charge in [0.2, 0.25) is 0 Å². The van der Waals surface area contributed by atoms with Gasteiger partial charge in [0.05, 0.1) is 18.3 Å². The van der Waals surface area contributed by atoms with Crippen molar-refractivity contribution in [2.24, 2.45) is 5.92 Å². The Morgan fingerprint density at radius 1 is 1.00 bits per heavy atom. The van der Waals surface area contributed by atoms with E-state index in [2.05, 4.69) is 54.3 Å². The first kappa shape index (κ1) is 18.7. The Bertz CT molecular complexity index is 871. The van der Waals surface area contributed by atoms with E-state index in [0.29, 0.717) is 0 Å². The lowest BCUT2D eigenvalue weighted by Gasteiger charge is -2.33. The molecule has 0 saturated carbocycles. The van der Waals surface area contributed by atoms with Crippen LogP contribution in [0.1, 0.15) is 19.8 Å². The second-order valence-corrected chi connectivity index (χ2v) is 6.94. The van der Waals surface area contributed by atoms with Gasteiger partial charge in [-0.2, -0.15) is 0 Å². The van der Waals surface area contributed by atoms with Crippen LogP contribution in [0.2, 0.25) is 0 Å². The standard InChI is InChI=1S/C22H24N2O.BrH/c1-16-11-13-24(14-12-16)22-15-21(17-7-9-18(25-2)10-8-17)23-20-6-4-3-5-19(20)22;/h3-10,15-16H,11-14H2,1-2H3;1H. The molecule has 4 heteroatoms. The van der Waals surface area contributed by atoms with Crippen molar-refractivity contribution in [2.75, 3.05) is 25.1 Å². The van der Waals surface area contributed by atoms with Crippen LogP contribution in [0.5, 0.6) is 5.75 Å². The molecule has 3 nitrogen and oxygen atoms in total. The van der Waals surface area contributed by atoms with E-state index >= 15 is 0 Å². The third kappa shape index (κ3) is 3.70. The number of methoxy groups -OCH3 is 1. The molecule has 0 N–H and O–H groups in total. The van der Waals surface area contributed by atoms with E-state index in [1.54, 1.807) is 7.11 Å². The van der Waals surface area contributed by atoms with Crippen LogP contribution in [0.25, 0.3) is 22.2 Å². The van der Waals surface area contributed by atoms with E-state index in [0.717, 1.165) is 41.5 Å². The maximum atomic E-state index is 5.28. The van der Waals surface area contributed by atoms with E-state index in [4.69, 9.17) is 9.72 Å². The van der Waals surface area contributed by atoms with Gasteiger partial charge in [-0.05, 0) is 55.2 Å². The smallest absolute Gasteiger partial charge is 0.118 e. The Kier molecular flexibility index (Phi) is 5.82. The third-order valence-corrected chi connectivity index (χ3v) is 5.20. The molecule has 2 heterocycles. The molecule has 3 aromatic rings. The van der Waals surface area contributed by atoms with Crippen molar-refractivity contribution < 1.29 is 4.74 Å². The number of para-hydroxylation sites is 1. The van der Waals surface area contributed by atoms with E-state index < -0.39 is 0 Å². The fourth-order valence-electron chi connectivity index (χ4n) is 3.58.